The number of benzene rings is 1. The summed E-state index contributed by atoms with van der Waals surface area (Å²) in [7, 11) is 1.90. The lowest BCUT2D eigenvalue weighted by Crippen LogP contribution is -1.87. The highest BCUT2D eigenvalue weighted by atomic mass is 79.9. The van der Waals surface area contributed by atoms with Crippen molar-refractivity contribution >= 4 is 33.2 Å². The number of aromatic nitrogens is 2. The zero-order chi connectivity index (χ0) is 9.42. The molecule has 0 saturated carbocycles. The third-order valence-corrected chi connectivity index (χ3v) is 2.70. The van der Waals surface area contributed by atoms with Gasteiger partial charge in [-0.1, -0.05) is 0 Å². The van der Waals surface area contributed by atoms with E-state index in [9.17, 15) is 4.79 Å². The Kier molecular flexibility index (Phi) is 1.92. The van der Waals surface area contributed by atoms with Gasteiger partial charge in [-0.05, 0) is 34.1 Å². The first kappa shape index (κ1) is 8.44. The fourth-order valence-electron chi connectivity index (χ4n) is 1.25. The number of nitrogens with zero attached hydrogens (tertiary/aromatic N) is 2. The second-order valence-corrected chi connectivity index (χ2v) is 3.52. The summed E-state index contributed by atoms with van der Waals surface area (Å²) in [5, 5.41) is 0. The minimum absolute atomic E-state index is 0.669. The van der Waals surface area contributed by atoms with Crippen molar-refractivity contribution in [1.82, 2.24) is 9.55 Å². The second kappa shape index (κ2) is 2.96. The monoisotopic (exact) mass is 238 g/mol. The first-order valence-electron chi connectivity index (χ1n) is 3.79. The molecule has 4 heteroatoms. The molecular weight excluding hydrogens is 232 g/mol. The van der Waals surface area contributed by atoms with E-state index in [1.54, 1.807) is 6.07 Å². The van der Waals surface area contributed by atoms with Crippen LogP contribution < -0.4 is 0 Å². The van der Waals surface area contributed by atoms with Gasteiger partial charge in [-0.15, -0.1) is 0 Å². The van der Waals surface area contributed by atoms with Crippen molar-refractivity contribution in [3.63, 3.8) is 0 Å². The van der Waals surface area contributed by atoms with Gasteiger partial charge in [0.15, 0.2) is 4.73 Å². The van der Waals surface area contributed by atoms with Gasteiger partial charge >= 0.3 is 0 Å². The molecule has 3 nitrogen and oxygen atoms in total. The van der Waals surface area contributed by atoms with Crippen molar-refractivity contribution in [2.24, 2.45) is 7.05 Å². The molecule has 1 aromatic carbocycles. The molecule has 0 radical (unpaired) electrons. The average Bonchev–Trinajstić information content (AvgIpc) is 2.43. The molecule has 0 aliphatic rings. The molecule has 0 unspecified atom stereocenters. The number of hydrogen-bond donors (Lipinski definition) is 0. The molecule has 0 bridgehead atoms. The molecular formula is C9H7BrN2O. The van der Waals surface area contributed by atoms with E-state index in [4.69, 9.17) is 0 Å². The summed E-state index contributed by atoms with van der Waals surface area (Å²) in [5.74, 6) is 0. The number of imidazole rings is 1. The minimum atomic E-state index is 0.669. The SMILES string of the molecule is Cn1c(Br)nc2ccc(C=O)cc21. The van der Waals surface area contributed by atoms with Crippen molar-refractivity contribution in [1.29, 1.82) is 0 Å². The number of halogens is 1. The highest BCUT2D eigenvalue weighted by Crippen LogP contribution is 2.19. The summed E-state index contributed by atoms with van der Waals surface area (Å²) in [6, 6.07) is 5.42. The summed E-state index contributed by atoms with van der Waals surface area (Å²) in [6.45, 7) is 0. The molecule has 1 heterocycles. The summed E-state index contributed by atoms with van der Waals surface area (Å²) >= 11 is 3.32. The van der Waals surface area contributed by atoms with Gasteiger partial charge in [-0.25, -0.2) is 4.98 Å². The Hall–Kier alpha value is -1.16. The van der Waals surface area contributed by atoms with Crippen LogP contribution in [0.1, 0.15) is 10.4 Å². The van der Waals surface area contributed by atoms with E-state index in [1.807, 2.05) is 23.7 Å². The average molecular weight is 239 g/mol. The van der Waals surface area contributed by atoms with Crippen LogP contribution in [-0.4, -0.2) is 15.8 Å². The second-order valence-electron chi connectivity index (χ2n) is 2.81. The molecule has 0 N–H and O–H groups in total. The quantitative estimate of drug-likeness (QED) is 0.714. The van der Waals surface area contributed by atoms with Gasteiger partial charge in [-0.2, -0.15) is 0 Å². The number of aryl methyl sites for hydroxylation is 1. The van der Waals surface area contributed by atoms with Gasteiger partial charge in [0.25, 0.3) is 0 Å². The zero-order valence-electron chi connectivity index (χ0n) is 6.99. The van der Waals surface area contributed by atoms with E-state index < -0.39 is 0 Å². The van der Waals surface area contributed by atoms with E-state index in [2.05, 4.69) is 20.9 Å². The van der Waals surface area contributed by atoms with Crippen molar-refractivity contribution in [3.8, 4) is 0 Å². The standard InChI is InChI=1S/C9H7BrN2O/c1-12-8-4-6(5-13)2-3-7(8)11-9(12)10/h2-5H,1H3. The molecule has 0 spiro atoms. The Balaban J connectivity index is 2.81. The maximum absolute atomic E-state index is 10.5. The lowest BCUT2D eigenvalue weighted by atomic mass is 10.2. The number of aldehydes is 1. The maximum atomic E-state index is 10.5. The van der Waals surface area contributed by atoms with Gasteiger partial charge in [-0.3, -0.25) is 4.79 Å². The Morgan fingerprint density at radius 2 is 2.31 bits per heavy atom. The maximum Gasteiger partial charge on any atom is 0.177 e. The molecule has 0 amide bonds. The number of hydrogen-bond acceptors (Lipinski definition) is 2. The highest BCUT2D eigenvalue weighted by molar-refractivity contribution is 9.10. The molecule has 2 rings (SSSR count). The van der Waals surface area contributed by atoms with Crippen molar-refractivity contribution in [2.45, 2.75) is 0 Å². The fraction of sp³-hybridized carbons (Fsp3) is 0.111. The molecule has 0 fully saturated rings. The van der Waals surface area contributed by atoms with Crippen LogP contribution in [0.2, 0.25) is 0 Å². The van der Waals surface area contributed by atoms with E-state index in [0.29, 0.717) is 5.56 Å². The molecule has 1 aromatic heterocycles. The lowest BCUT2D eigenvalue weighted by molar-refractivity contribution is 0.112. The summed E-state index contributed by atoms with van der Waals surface area (Å²) < 4.78 is 2.66. The molecule has 2 aromatic rings. The number of fused-ring (bicyclic) bond motifs is 1. The predicted molar refractivity (Wildman–Crippen MR) is 53.8 cm³/mol. The molecule has 13 heavy (non-hydrogen) atoms. The fourth-order valence-corrected chi connectivity index (χ4v) is 1.63. The molecule has 0 aliphatic heterocycles. The third-order valence-electron chi connectivity index (χ3n) is 1.99. The zero-order valence-corrected chi connectivity index (χ0v) is 8.58. The van der Waals surface area contributed by atoms with E-state index in [-0.39, 0.29) is 0 Å². The van der Waals surface area contributed by atoms with Gasteiger partial charge in [0, 0.05) is 12.6 Å². The summed E-state index contributed by atoms with van der Waals surface area (Å²) in [4.78, 5) is 14.8. The molecule has 0 saturated heterocycles. The Labute approximate surface area is 83.5 Å². The number of carbonyl (C=O) groups is 1. The van der Waals surface area contributed by atoms with Gasteiger partial charge in [0.2, 0.25) is 0 Å². The normalized spacial score (nSPS) is 10.6. The van der Waals surface area contributed by atoms with E-state index >= 15 is 0 Å². The summed E-state index contributed by atoms with van der Waals surface area (Å²) in [5.41, 5.74) is 2.51. The van der Waals surface area contributed by atoms with Crippen LogP contribution in [0.15, 0.2) is 22.9 Å². The van der Waals surface area contributed by atoms with Crippen LogP contribution in [0.25, 0.3) is 11.0 Å². The first-order chi connectivity index (χ1) is 6.22. The predicted octanol–water partition coefficient (Wildman–Crippen LogP) is 2.15. The lowest BCUT2D eigenvalue weighted by Gasteiger charge is -1.95. The number of rotatable bonds is 1. The topological polar surface area (TPSA) is 34.9 Å². The summed E-state index contributed by atoms with van der Waals surface area (Å²) in [6.07, 6.45) is 0.834. The van der Waals surface area contributed by atoms with Crippen LogP contribution in [0, 0.1) is 0 Å². The van der Waals surface area contributed by atoms with E-state index in [1.165, 1.54) is 0 Å². The van der Waals surface area contributed by atoms with E-state index in [0.717, 1.165) is 22.1 Å². The molecule has 66 valence electrons. The van der Waals surface area contributed by atoms with Crippen LogP contribution >= 0.6 is 15.9 Å². The van der Waals surface area contributed by atoms with Gasteiger partial charge in [0.05, 0.1) is 11.0 Å². The largest absolute Gasteiger partial charge is 0.322 e. The third kappa shape index (κ3) is 1.27. The van der Waals surface area contributed by atoms with Crippen LogP contribution in [0.5, 0.6) is 0 Å². The number of carbonyl (C=O) groups excluding carboxylic acids is 1. The van der Waals surface area contributed by atoms with Crippen LogP contribution in [0.3, 0.4) is 0 Å². The minimum Gasteiger partial charge on any atom is -0.322 e. The Bertz CT molecular complexity index is 476. The Morgan fingerprint density at radius 1 is 1.54 bits per heavy atom. The van der Waals surface area contributed by atoms with Crippen molar-refractivity contribution in [2.75, 3.05) is 0 Å². The van der Waals surface area contributed by atoms with Gasteiger partial charge in [0.1, 0.15) is 6.29 Å². The molecule has 0 aliphatic carbocycles. The van der Waals surface area contributed by atoms with Crippen LogP contribution in [0.4, 0.5) is 0 Å². The van der Waals surface area contributed by atoms with Crippen molar-refractivity contribution in [3.05, 3.63) is 28.5 Å². The van der Waals surface area contributed by atoms with Crippen LogP contribution in [-0.2, 0) is 7.05 Å². The van der Waals surface area contributed by atoms with Gasteiger partial charge < -0.3 is 4.57 Å². The Morgan fingerprint density at radius 3 is 3.00 bits per heavy atom. The highest BCUT2D eigenvalue weighted by Gasteiger charge is 2.04. The smallest absolute Gasteiger partial charge is 0.177 e. The molecule has 0 atom stereocenters. The first-order valence-corrected chi connectivity index (χ1v) is 4.59. The van der Waals surface area contributed by atoms with Crippen molar-refractivity contribution < 1.29 is 4.79 Å².